The molecule has 0 aromatic carbocycles. The van der Waals surface area contributed by atoms with Crippen LogP contribution in [0, 0.1) is 0 Å². The molecule has 0 aliphatic carbocycles. The van der Waals surface area contributed by atoms with E-state index in [1.54, 1.807) is 0 Å². The molecule has 0 saturated heterocycles. The number of hydrogen-bond acceptors (Lipinski definition) is 7. The van der Waals surface area contributed by atoms with Crippen molar-refractivity contribution in [3.8, 4) is 0 Å². The number of aromatic nitrogens is 4. The van der Waals surface area contributed by atoms with Crippen molar-refractivity contribution in [1.82, 2.24) is 19.5 Å². The molecule has 2 aromatic heterocycles. The molecule has 0 unspecified atom stereocenters. The third kappa shape index (κ3) is 2.35. The minimum atomic E-state index is -0.495. The predicted molar refractivity (Wildman–Crippen MR) is 71.6 cm³/mol. The smallest absolute Gasteiger partial charge is 0.230 e. The Bertz CT molecular complexity index is 819. The topological polar surface area (TPSA) is 112 Å². The van der Waals surface area contributed by atoms with Crippen LogP contribution in [0.15, 0.2) is 0 Å². The van der Waals surface area contributed by atoms with Gasteiger partial charge < -0.3 is 0 Å². The summed E-state index contributed by atoms with van der Waals surface area (Å²) in [6.07, 6.45) is 0. The van der Waals surface area contributed by atoms with E-state index in [9.17, 15) is 19.2 Å². The van der Waals surface area contributed by atoms with Gasteiger partial charge in [0.25, 0.3) is 0 Å². The second-order valence-corrected chi connectivity index (χ2v) is 4.53. The maximum absolute atomic E-state index is 11.7. The van der Waals surface area contributed by atoms with E-state index in [1.165, 1.54) is 27.7 Å². The molecule has 0 spiro atoms. The van der Waals surface area contributed by atoms with Gasteiger partial charge >= 0.3 is 0 Å². The van der Waals surface area contributed by atoms with Crippen LogP contribution in [-0.2, 0) is 0 Å². The lowest BCUT2D eigenvalue weighted by Crippen LogP contribution is -2.15. The number of hydrogen-bond donors (Lipinski definition) is 0. The van der Waals surface area contributed by atoms with E-state index in [1.807, 2.05) is 0 Å². The summed E-state index contributed by atoms with van der Waals surface area (Å²) < 4.78 is 0.984. The van der Waals surface area contributed by atoms with Crippen LogP contribution >= 0.6 is 0 Å². The van der Waals surface area contributed by atoms with Crippen molar-refractivity contribution in [3.05, 3.63) is 17.3 Å². The van der Waals surface area contributed by atoms with Crippen molar-refractivity contribution in [1.29, 1.82) is 0 Å². The highest BCUT2D eigenvalue weighted by Crippen LogP contribution is 2.19. The van der Waals surface area contributed by atoms with Gasteiger partial charge in [0, 0.05) is 27.7 Å². The predicted octanol–water partition coefficient (Wildman–Crippen LogP) is 1.09. The molecule has 8 nitrogen and oxygen atoms in total. The molecule has 2 rings (SSSR count). The average Bonchev–Trinajstić information content (AvgIpc) is 2.76. The number of nitrogens with zero attached hydrogens (tertiary/aromatic N) is 4. The molecule has 0 aliphatic heterocycles. The molecule has 0 atom stereocenters. The fraction of sp³-hybridized carbons (Fsp3) is 0.308. The van der Waals surface area contributed by atoms with Crippen molar-refractivity contribution < 1.29 is 19.2 Å². The zero-order chi connectivity index (χ0) is 15.9. The van der Waals surface area contributed by atoms with E-state index in [-0.39, 0.29) is 28.5 Å². The Labute approximate surface area is 119 Å². The van der Waals surface area contributed by atoms with E-state index < -0.39 is 23.3 Å². The van der Waals surface area contributed by atoms with Crippen molar-refractivity contribution in [2.75, 3.05) is 0 Å². The number of carbonyl (C=O) groups excluding carboxylic acids is 4. The third-order valence-electron chi connectivity index (χ3n) is 2.79. The molecule has 2 aromatic rings. The number of imidazole rings is 1. The number of carbonyl (C=O) groups is 4. The molecular formula is C13H12N4O4. The van der Waals surface area contributed by atoms with Gasteiger partial charge in [0.15, 0.2) is 34.6 Å². The standard InChI is InChI=1S/C13H12N4O4/c1-5(18)9-10-13(16-11(14-9)6(2)19)17(8(4)21)12(15-10)7(3)20/h1-4H3. The summed E-state index contributed by atoms with van der Waals surface area (Å²) in [6.45, 7) is 4.97. The first kappa shape index (κ1) is 14.6. The Hall–Kier alpha value is -2.77. The molecule has 0 radical (unpaired) electrons. The molecule has 0 saturated carbocycles. The van der Waals surface area contributed by atoms with Crippen LogP contribution in [0.3, 0.4) is 0 Å². The lowest BCUT2D eigenvalue weighted by Gasteiger charge is -2.03. The van der Waals surface area contributed by atoms with Crippen molar-refractivity contribution >= 4 is 34.4 Å². The normalized spacial score (nSPS) is 10.7. The van der Waals surface area contributed by atoms with Gasteiger partial charge in [0.1, 0.15) is 11.2 Å². The van der Waals surface area contributed by atoms with Crippen LogP contribution in [0.1, 0.15) is 64.2 Å². The molecule has 0 aliphatic rings. The second-order valence-electron chi connectivity index (χ2n) is 4.53. The lowest BCUT2D eigenvalue weighted by molar-refractivity contribution is 0.0909. The fourth-order valence-corrected chi connectivity index (χ4v) is 1.90. The van der Waals surface area contributed by atoms with Crippen molar-refractivity contribution in [2.24, 2.45) is 0 Å². The second kappa shape index (κ2) is 4.97. The Kier molecular flexibility index (Phi) is 3.46. The van der Waals surface area contributed by atoms with E-state index in [4.69, 9.17) is 0 Å². The van der Waals surface area contributed by atoms with E-state index in [0.29, 0.717) is 0 Å². The first-order chi connectivity index (χ1) is 9.73. The van der Waals surface area contributed by atoms with Gasteiger partial charge in [-0.3, -0.25) is 19.2 Å². The lowest BCUT2D eigenvalue weighted by atomic mass is 10.2. The van der Waals surface area contributed by atoms with Gasteiger partial charge in [-0.25, -0.2) is 19.5 Å². The van der Waals surface area contributed by atoms with Crippen LogP contribution in [0.5, 0.6) is 0 Å². The van der Waals surface area contributed by atoms with Crippen LogP contribution in [-0.4, -0.2) is 42.8 Å². The summed E-state index contributed by atoms with van der Waals surface area (Å²) in [6, 6.07) is 0. The summed E-state index contributed by atoms with van der Waals surface area (Å²) in [5.74, 6) is -2.19. The summed E-state index contributed by atoms with van der Waals surface area (Å²) in [4.78, 5) is 58.3. The van der Waals surface area contributed by atoms with Crippen LogP contribution < -0.4 is 0 Å². The Morgan fingerprint density at radius 1 is 0.810 bits per heavy atom. The molecule has 0 fully saturated rings. The van der Waals surface area contributed by atoms with Gasteiger partial charge in [0.05, 0.1) is 0 Å². The molecule has 2 heterocycles. The van der Waals surface area contributed by atoms with Crippen LogP contribution in [0.4, 0.5) is 0 Å². The van der Waals surface area contributed by atoms with Gasteiger partial charge in [-0.1, -0.05) is 0 Å². The Morgan fingerprint density at radius 2 is 1.43 bits per heavy atom. The molecule has 8 heteroatoms. The third-order valence-corrected chi connectivity index (χ3v) is 2.79. The number of fused-ring (bicyclic) bond motifs is 1. The summed E-state index contributed by atoms with van der Waals surface area (Å²) in [5.41, 5.74) is -0.0706. The van der Waals surface area contributed by atoms with Gasteiger partial charge in [-0.05, 0) is 0 Å². The minimum Gasteiger partial charge on any atom is -0.293 e. The van der Waals surface area contributed by atoms with Gasteiger partial charge in [-0.15, -0.1) is 0 Å². The molecule has 0 bridgehead atoms. The summed E-state index contributed by atoms with van der Waals surface area (Å²) >= 11 is 0. The molecular weight excluding hydrogens is 276 g/mol. The first-order valence-corrected chi connectivity index (χ1v) is 6.08. The minimum absolute atomic E-state index is 0.0156. The van der Waals surface area contributed by atoms with Crippen LogP contribution in [0.25, 0.3) is 11.2 Å². The Balaban J connectivity index is 3.01. The molecule has 0 amide bonds. The zero-order valence-electron chi connectivity index (χ0n) is 11.9. The summed E-state index contributed by atoms with van der Waals surface area (Å²) in [7, 11) is 0. The SMILES string of the molecule is CC(=O)c1nc(C(C)=O)c2nc(C(C)=O)n(C(C)=O)c2n1. The van der Waals surface area contributed by atoms with E-state index in [2.05, 4.69) is 15.0 Å². The average molecular weight is 288 g/mol. The van der Waals surface area contributed by atoms with Crippen molar-refractivity contribution in [3.63, 3.8) is 0 Å². The van der Waals surface area contributed by atoms with Crippen molar-refractivity contribution in [2.45, 2.75) is 27.7 Å². The van der Waals surface area contributed by atoms with E-state index >= 15 is 0 Å². The van der Waals surface area contributed by atoms with Crippen LogP contribution in [0.2, 0.25) is 0 Å². The number of Topliss-reactive ketones (excluding diaryl/α,β-unsaturated/α-hetero) is 3. The monoisotopic (exact) mass is 288 g/mol. The molecule has 21 heavy (non-hydrogen) atoms. The summed E-state index contributed by atoms with van der Waals surface area (Å²) in [5, 5.41) is 0. The van der Waals surface area contributed by atoms with Gasteiger partial charge in [0.2, 0.25) is 5.91 Å². The molecule has 0 N–H and O–H groups in total. The number of rotatable bonds is 3. The number of ketones is 3. The first-order valence-electron chi connectivity index (χ1n) is 6.08. The highest BCUT2D eigenvalue weighted by atomic mass is 16.2. The largest absolute Gasteiger partial charge is 0.293 e. The maximum Gasteiger partial charge on any atom is 0.230 e. The zero-order valence-corrected chi connectivity index (χ0v) is 11.9. The fourth-order valence-electron chi connectivity index (χ4n) is 1.90. The Morgan fingerprint density at radius 3 is 1.86 bits per heavy atom. The van der Waals surface area contributed by atoms with Gasteiger partial charge in [-0.2, -0.15) is 0 Å². The molecule has 108 valence electrons. The highest BCUT2D eigenvalue weighted by Gasteiger charge is 2.24. The highest BCUT2D eigenvalue weighted by molar-refractivity contribution is 6.08. The maximum atomic E-state index is 11.7. The quantitative estimate of drug-likeness (QED) is 0.777. The van der Waals surface area contributed by atoms with E-state index in [0.717, 1.165) is 4.57 Å².